The van der Waals surface area contributed by atoms with Crippen molar-refractivity contribution in [1.29, 1.82) is 0 Å². The first kappa shape index (κ1) is 29.1. The molecule has 220 valence electrons. The first-order valence-corrected chi connectivity index (χ1v) is 15.3. The van der Waals surface area contributed by atoms with Crippen molar-refractivity contribution < 1.29 is 24.2 Å². The van der Waals surface area contributed by atoms with Crippen LogP contribution in [0.5, 0.6) is 0 Å². The fraction of sp³-hybridized carbons (Fsp3) is 0.758. The molecule has 0 saturated heterocycles. The van der Waals surface area contributed by atoms with Crippen molar-refractivity contribution in [2.75, 3.05) is 6.61 Å². The number of hydrogen-bond acceptors (Lipinski definition) is 5. The minimum Gasteiger partial charge on any atom is -0.481 e. The molecule has 1 heterocycles. The summed E-state index contributed by atoms with van der Waals surface area (Å²) in [5.74, 6) is -1.08. The minimum absolute atomic E-state index is 0.00465. The van der Waals surface area contributed by atoms with Crippen LogP contribution in [-0.2, 0) is 14.3 Å². The Bertz CT molecular complexity index is 1280. The normalized spacial score (nSPS) is 42.5. The summed E-state index contributed by atoms with van der Waals surface area (Å²) in [5.41, 5.74) is 0.635. The first-order chi connectivity index (χ1) is 18.6. The van der Waals surface area contributed by atoms with Crippen molar-refractivity contribution in [2.24, 2.45) is 38.9 Å². The van der Waals surface area contributed by atoms with Crippen molar-refractivity contribution in [3.05, 3.63) is 29.1 Å². The van der Waals surface area contributed by atoms with Crippen molar-refractivity contribution in [2.45, 2.75) is 113 Å². The van der Waals surface area contributed by atoms with Crippen LogP contribution in [0.1, 0.15) is 122 Å². The van der Waals surface area contributed by atoms with Crippen LogP contribution in [0.2, 0.25) is 0 Å². The average Bonchev–Trinajstić information content (AvgIpc) is 3.37. The van der Waals surface area contributed by atoms with Crippen LogP contribution in [0.25, 0.3) is 0 Å². The van der Waals surface area contributed by atoms with E-state index < -0.39 is 16.8 Å². The van der Waals surface area contributed by atoms with Gasteiger partial charge in [-0.3, -0.25) is 14.3 Å². The van der Waals surface area contributed by atoms with Gasteiger partial charge in [0, 0.05) is 11.3 Å². The third kappa shape index (κ3) is 3.81. The summed E-state index contributed by atoms with van der Waals surface area (Å²) < 4.78 is 7.31. The molecule has 8 atom stereocenters. The van der Waals surface area contributed by atoms with E-state index in [1.807, 2.05) is 37.6 Å². The van der Waals surface area contributed by atoms with E-state index in [0.717, 1.165) is 44.2 Å². The number of carbonyl (C=O) groups excluding carboxylic acids is 2. The summed E-state index contributed by atoms with van der Waals surface area (Å²) in [7, 11) is 0. The summed E-state index contributed by atoms with van der Waals surface area (Å²) in [4.78, 5) is 39.8. The number of ether oxygens (including phenoxy) is 1. The number of aromatic nitrogens is 2. The zero-order chi connectivity index (χ0) is 29.5. The van der Waals surface area contributed by atoms with Gasteiger partial charge in [-0.1, -0.05) is 46.6 Å². The second-order valence-corrected chi connectivity index (χ2v) is 14.8. The highest BCUT2D eigenvalue weighted by Crippen LogP contribution is 2.75. The van der Waals surface area contributed by atoms with Gasteiger partial charge in [-0.15, -0.1) is 0 Å². The van der Waals surface area contributed by atoms with Gasteiger partial charge in [0.2, 0.25) is 0 Å². The number of carbonyl (C=O) groups is 3. The predicted molar refractivity (Wildman–Crippen MR) is 153 cm³/mol. The highest BCUT2D eigenvalue weighted by Gasteiger charge is 2.71. The molecule has 0 amide bonds. The molecule has 0 aromatic carbocycles. The third-order valence-corrected chi connectivity index (χ3v) is 12.4. The molecule has 1 unspecified atom stereocenters. The number of allylic oxidation sites excluding steroid dienone is 2. The van der Waals surface area contributed by atoms with E-state index in [2.05, 4.69) is 34.6 Å². The van der Waals surface area contributed by atoms with Gasteiger partial charge in [0.05, 0.1) is 23.8 Å². The van der Waals surface area contributed by atoms with E-state index in [0.29, 0.717) is 25.1 Å². The van der Waals surface area contributed by atoms with Crippen LogP contribution in [0.3, 0.4) is 0 Å². The van der Waals surface area contributed by atoms with Crippen LogP contribution in [0.15, 0.2) is 17.7 Å². The minimum atomic E-state index is -0.778. The van der Waals surface area contributed by atoms with Gasteiger partial charge in [-0.05, 0) is 100 Å². The molecule has 7 heteroatoms. The van der Waals surface area contributed by atoms with E-state index >= 15 is 0 Å². The highest BCUT2D eigenvalue weighted by molar-refractivity contribution is 5.96. The van der Waals surface area contributed by atoms with E-state index in [4.69, 9.17) is 9.84 Å². The lowest BCUT2D eigenvalue weighted by Gasteiger charge is -2.63. The highest BCUT2D eigenvalue weighted by atomic mass is 16.5. The lowest BCUT2D eigenvalue weighted by molar-refractivity contribution is -0.155. The zero-order valence-corrected chi connectivity index (χ0v) is 25.7. The molecule has 7 nitrogen and oxygen atoms in total. The van der Waals surface area contributed by atoms with Crippen LogP contribution >= 0.6 is 0 Å². The van der Waals surface area contributed by atoms with Crippen molar-refractivity contribution in [3.8, 4) is 0 Å². The molecule has 3 saturated carbocycles. The molecule has 4 aliphatic rings. The summed E-state index contributed by atoms with van der Waals surface area (Å²) in [5, 5.41) is 15.0. The Morgan fingerprint density at radius 3 is 2.38 bits per heavy atom. The molecule has 1 aromatic heterocycles. The van der Waals surface area contributed by atoms with E-state index in [9.17, 15) is 19.5 Å². The van der Waals surface area contributed by atoms with Crippen LogP contribution in [0.4, 0.5) is 0 Å². The number of carboxylic acids is 1. The number of ketones is 1. The smallest absolute Gasteiger partial charge is 0.356 e. The Morgan fingerprint density at radius 1 is 1.07 bits per heavy atom. The molecular formula is C33H48N2O5. The standard InChI is InChI=1S/C33H48N2O5/c1-9-11-31(6)25(35-23(16-20(3)34-35)27(37)40-10-2)19-33(8)26(31)24(36)17-21-22-18-30(5,28(38)39)13-12-29(22,4)14-15-32(21,33)7/h16-17,22,25-26H,9-15,18-19H2,1-8H3,(H,38,39)/t22-,25?,26+,29+,30-,31-,32+,33+/m0/s1. The number of hydrogen-bond donors (Lipinski definition) is 1. The molecule has 0 spiro atoms. The molecule has 0 bridgehead atoms. The van der Waals surface area contributed by atoms with Gasteiger partial charge in [-0.2, -0.15) is 5.10 Å². The summed E-state index contributed by atoms with van der Waals surface area (Å²) >= 11 is 0. The van der Waals surface area contributed by atoms with Crippen LogP contribution < -0.4 is 0 Å². The van der Waals surface area contributed by atoms with Gasteiger partial charge >= 0.3 is 11.9 Å². The Morgan fingerprint density at radius 2 is 1.75 bits per heavy atom. The third-order valence-electron chi connectivity index (χ3n) is 12.4. The molecule has 1 N–H and O–H groups in total. The molecule has 1 aromatic rings. The Kier molecular flexibility index (Phi) is 6.75. The number of rotatable bonds is 6. The SMILES string of the molecule is CCC[C@@]1(C)C(n2nc(C)cc2C(=O)OCC)C[C@]2(C)[C@@H]1C(=O)C=C1[C@@H]3C[C@@](C)(C(=O)O)CC[C@]3(C)CC[C@]12C. The fourth-order valence-corrected chi connectivity index (χ4v) is 9.87. The number of nitrogens with zero attached hydrogens (tertiary/aromatic N) is 2. The second-order valence-electron chi connectivity index (χ2n) is 14.8. The molecule has 40 heavy (non-hydrogen) atoms. The fourth-order valence-electron chi connectivity index (χ4n) is 9.87. The van der Waals surface area contributed by atoms with E-state index in [1.165, 1.54) is 5.57 Å². The van der Waals surface area contributed by atoms with Crippen LogP contribution in [0, 0.1) is 45.8 Å². The molecule has 4 aliphatic carbocycles. The topological polar surface area (TPSA) is 98.5 Å². The van der Waals surface area contributed by atoms with E-state index in [-0.39, 0.29) is 45.9 Å². The van der Waals surface area contributed by atoms with Crippen molar-refractivity contribution >= 4 is 17.7 Å². The summed E-state index contributed by atoms with van der Waals surface area (Å²) in [6.45, 7) is 17.2. The zero-order valence-electron chi connectivity index (χ0n) is 25.7. The van der Waals surface area contributed by atoms with E-state index in [1.54, 1.807) is 0 Å². The summed E-state index contributed by atoms with van der Waals surface area (Å²) in [6, 6.07) is 1.68. The monoisotopic (exact) mass is 552 g/mol. The molecule has 5 rings (SSSR count). The second kappa shape index (κ2) is 9.29. The van der Waals surface area contributed by atoms with Crippen LogP contribution in [-0.4, -0.2) is 39.2 Å². The summed E-state index contributed by atoms with van der Waals surface area (Å²) in [6.07, 6.45) is 8.60. The average molecular weight is 553 g/mol. The number of esters is 1. The molecule has 0 aliphatic heterocycles. The quantitative estimate of drug-likeness (QED) is 0.384. The lowest BCUT2D eigenvalue weighted by Crippen LogP contribution is -2.58. The molecule has 3 fully saturated rings. The molecule has 0 radical (unpaired) electrons. The Balaban J connectivity index is 1.65. The predicted octanol–water partition coefficient (Wildman–Crippen LogP) is 6.95. The van der Waals surface area contributed by atoms with Crippen molar-refractivity contribution in [3.63, 3.8) is 0 Å². The van der Waals surface area contributed by atoms with Gasteiger partial charge in [0.25, 0.3) is 0 Å². The number of aryl methyl sites for hydroxylation is 1. The van der Waals surface area contributed by atoms with Gasteiger partial charge in [-0.25, -0.2) is 4.79 Å². The lowest BCUT2D eigenvalue weighted by atomic mass is 9.40. The maximum absolute atomic E-state index is 14.4. The Labute approximate surface area is 239 Å². The van der Waals surface area contributed by atoms with Gasteiger partial charge < -0.3 is 9.84 Å². The maximum atomic E-state index is 14.4. The first-order valence-electron chi connectivity index (χ1n) is 15.3. The maximum Gasteiger partial charge on any atom is 0.356 e. The number of aliphatic carboxylic acids is 1. The number of fused-ring (bicyclic) bond motifs is 5. The van der Waals surface area contributed by atoms with Gasteiger partial charge in [0.15, 0.2) is 5.78 Å². The van der Waals surface area contributed by atoms with Crippen molar-refractivity contribution in [1.82, 2.24) is 9.78 Å². The van der Waals surface area contributed by atoms with Gasteiger partial charge in [0.1, 0.15) is 5.69 Å². The Hall–Kier alpha value is -2.44. The number of carboxylic acid groups (broad SMARTS) is 1. The largest absolute Gasteiger partial charge is 0.481 e. The molecular weight excluding hydrogens is 504 g/mol.